The average Bonchev–Trinajstić information content (AvgIpc) is 3.07. The van der Waals surface area contributed by atoms with Crippen molar-refractivity contribution in [3.8, 4) is 0 Å². The summed E-state index contributed by atoms with van der Waals surface area (Å²) in [6, 6.07) is 13.0. The Labute approximate surface area is 204 Å². The van der Waals surface area contributed by atoms with Crippen LogP contribution in [0.5, 0.6) is 0 Å². The number of benzene rings is 2. The van der Waals surface area contributed by atoms with Crippen LogP contribution in [0.25, 0.3) is 0 Å². The lowest BCUT2D eigenvalue weighted by Crippen LogP contribution is -2.41. The van der Waals surface area contributed by atoms with Crippen molar-refractivity contribution in [2.24, 2.45) is 11.0 Å². The van der Waals surface area contributed by atoms with Gasteiger partial charge in [-0.05, 0) is 48.7 Å². The minimum atomic E-state index is -0.177. The lowest BCUT2D eigenvalue weighted by molar-refractivity contribution is -0.115. The van der Waals surface area contributed by atoms with Gasteiger partial charge in [0.25, 0.3) is 5.91 Å². The van der Waals surface area contributed by atoms with E-state index in [2.05, 4.69) is 5.32 Å². The second-order valence-electron chi connectivity index (χ2n) is 8.73. The van der Waals surface area contributed by atoms with Gasteiger partial charge in [0.2, 0.25) is 0 Å². The van der Waals surface area contributed by atoms with Gasteiger partial charge in [-0.1, -0.05) is 86.0 Å². The van der Waals surface area contributed by atoms with Crippen LogP contribution in [0, 0.1) is 5.92 Å². The molecule has 4 rings (SSSR count). The van der Waals surface area contributed by atoms with Crippen LogP contribution in [0.3, 0.4) is 0 Å². The molecule has 1 aliphatic heterocycles. The van der Waals surface area contributed by atoms with E-state index in [-0.39, 0.29) is 23.9 Å². The monoisotopic (exact) mass is 491 g/mol. The lowest BCUT2D eigenvalue weighted by Gasteiger charge is -2.27. The second kappa shape index (κ2) is 10.5. The number of anilines is 1. The molecular formula is C25H28Cl3N3O. The molecule has 2 atom stereocenters. The van der Waals surface area contributed by atoms with Crippen LogP contribution >= 0.6 is 34.8 Å². The fraction of sp³-hybridized carbons (Fsp3) is 0.440. The van der Waals surface area contributed by atoms with Crippen LogP contribution in [0.15, 0.2) is 47.6 Å². The van der Waals surface area contributed by atoms with Gasteiger partial charge in [-0.3, -0.25) is 9.80 Å². The van der Waals surface area contributed by atoms with E-state index in [1.54, 1.807) is 12.1 Å². The minimum absolute atomic E-state index is 0.0883. The van der Waals surface area contributed by atoms with E-state index >= 15 is 0 Å². The van der Waals surface area contributed by atoms with Crippen LogP contribution in [-0.4, -0.2) is 17.7 Å². The van der Waals surface area contributed by atoms with Crippen molar-refractivity contribution in [1.29, 1.82) is 0 Å². The third kappa shape index (κ3) is 5.24. The fourth-order valence-electron chi connectivity index (χ4n) is 4.70. The number of hydrazone groups is 1. The number of carbonyl (C=O) groups is 1. The third-order valence-corrected chi connectivity index (χ3v) is 7.21. The zero-order chi connectivity index (χ0) is 22.7. The van der Waals surface area contributed by atoms with Crippen molar-refractivity contribution in [3.63, 3.8) is 0 Å². The Morgan fingerprint density at radius 3 is 2.22 bits per heavy atom. The first-order chi connectivity index (χ1) is 15.4. The first-order valence-corrected chi connectivity index (χ1v) is 12.5. The smallest absolute Gasteiger partial charge is 0.268 e. The van der Waals surface area contributed by atoms with Crippen LogP contribution in [0.4, 0.5) is 5.69 Å². The van der Waals surface area contributed by atoms with Crippen molar-refractivity contribution >= 4 is 52.1 Å². The van der Waals surface area contributed by atoms with E-state index in [9.17, 15) is 4.79 Å². The zero-order valence-electron chi connectivity index (χ0n) is 18.2. The number of nitrogens with zero attached hydrogens (tertiary/aromatic N) is 2. The summed E-state index contributed by atoms with van der Waals surface area (Å²) < 4.78 is 0. The number of rotatable bonds is 4. The maximum Gasteiger partial charge on any atom is 0.268 e. The molecule has 0 radical (unpaired) electrons. The number of halogens is 3. The van der Waals surface area contributed by atoms with Crippen molar-refractivity contribution < 1.29 is 4.79 Å². The Hall–Kier alpha value is -1.75. The van der Waals surface area contributed by atoms with E-state index in [1.165, 1.54) is 19.3 Å². The van der Waals surface area contributed by atoms with Crippen LogP contribution in [-0.2, 0) is 4.79 Å². The highest BCUT2D eigenvalue weighted by atomic mass is 35.5. The van der Waals surface area contributed by atoms with E-state index in [4.69, 9.17) is 39.9 Å². The maximum atomic E-state index is 13.3. The zero-order valence-corrected chi connectivity index (χ0v) is 20.4. The molecule has 1 N–H and O–H groups in total. The Bertz CT molecular complexity index is 984. The molecular weight excluding hydrogens is 465 g/mol. The van der Waals surface area contributed by atoms with Crippen molar-refractivity contribution in [2.75, 3.05) is 5.01 Å². The molecule has 0 saturated heterocycles. The highest BCUT2D eigenvalue weighted by molar-refractivity contribution is 6.41. The Kier molecular flexibility index (Phi) is 7.65. The highest BCUT2D eigenvalue weighted by Crippen LogP contribution is 2.42. The topological polar surface area (TPSA) is 44.7 Å². The molecule has 2 aromatic carbocycles. The van der Waals surface area contributed by atoms with Gasteiger partial charge < -0.3 is 5.32 Å². The quantitative estimate of drug-likeness (QED) is 0.482. The summed E-state index contributed by atoms with van der Waals surface area (Å²) in [7, 11) is 0. The molecule has 7 heteroatoms. The van der Waals surface area contributed by atoms with Gasteiger partial charge in [-0.25, -0.2) is 0 Å². The number of carbonyl (C=O) groups excluding carboxylic acids is 1. The van der Waals surface area contributed by atoms with Gasteiger partial charge in [0.05, 0.1) is 16.8 Å². The molecule has 1 amide bonds. The predicted octanol–water partition coefficient (Wildman–Crippen LogP) is 7.43. The number of hydrogen-bond acceptors (Lipinski definition) is 3. The Morgan fingerprint density at radius 1 is 0.938 bits per heavy atom. The normalized spacial score (nSPS) is 22.2. The van der Waals surface area contributed by atoms with Gasteiger partial charge in [0.15, 0.2) is 0 Å². The molecule has 4 nitrogen and oxygen atoms in total. The maximum absolute atomic E-state index is 13.3. The van der Waals surface area contributed by atoms with Crippen molar-refractivity contribution in [3.05, 3.63) is 63.1 Å². The van der Waals surface area contributed by atoms with Crippen LogP contribution < -0.4 is 10.3 Å². The van der Waals surface area contributed by atoms with Gasteiger partial charge in [-0.15, -0.1) is 0 Å². The van der Waals surface area contributed by atoms with Crippen molar-refractivity contribution in [1.82, 2.24) is 5.32 Å². The number of hydrogen-bond donors (Lipinski definition) is 1. The number of nitrogens with one attached hydrogen (secondary N) is 1. The van der Waals surface area contributed by atoms with E-state index < -0.39 is 0 Å². The average molecular weight is 493 g/mol. The molecule has 2 aliphatic rings. The first kappa shape index (κ1) is 23.4. The molecule has 2 aromatic rings. The van der Waals surface area contributed by atoms with Gasteiger partial charge in [-0.2, -0.15) is 5.10 Å². The highest BCUT2D eigenvalue weighted by Gasteiger charge is 2.40. The van der Waals surface area contributed by atoms with Gasteiger partial charge >= 0.3 is 0 Å². The Morgan fingerprint density at radius 2 is 1.56 bits per heavy atom. The summed E-state index contributed by atoms with van der Waals surface area (Å²) in [4.78, 5) is 13.3. The fourth-order valence-corrected chi connectivity index (χ4v) is 5.32. The molecule has 0 unspecified atom stereocenters. The SMILES string of the molecule is C[C@H]1C(C(=O)NC2CCCCCCC2)=NN(c2ccc(Cl)cc2Cl)[C@H]1c1ccc(Cl)cc1. The summed E-state index contributed by atoms with van der Waals surface area (Å²) in [6.45, 7) is 2.04. The van der Waals surface area contributed by atoms with E-state index in [0.29, 0.717) is 20.8 Å². The second-order valence-corrected chi connectivity index (χ2v) is 10.0. The summed E-state index contributed by atoms with van der Waals surface area (Å²) in [5.41, 5.74) is 2.26. The van der Waals surface area contributed by atoms with Crippen LogP contribution in [0.1, 0.15) is 63.5 Å². The van der Waals surface area contributed by atoms with E-state index in [1.807, 2.05) is 42.3 Å². The molecule has 0 spiro atoms. The Balaban J connectivity index is 1.64. The molecule has 1 heterocycles. The molecule has 1 saturated carbocycles. The molecule has 0 bridgehead atoms. The largest absolute Gasteiger partial charge is 0.348 e. The van der Waals surface area contributed by atoms with E-state index in [0.717, 1.165) is 36.9 Å². The van der Waals surface area contributed by atoms with Crippen molar-refractivity contribution in [2.45, 2.75) is 64.0 Å². The third-order valence-electron chi connectivity index (χ3n) is 6.42. The minimum Gasteiger partial charge on any atom is -0.348 e. The standard InChI is InChI=1S/C25H28Cl3N3O/c1-16-23(25(32)29-20-7-5-3-2-4-6-8-20)30-31(22-14-13-19(27)15-21(22)28)24(16)17-9-11-18(26)12-10-17/h9-16,20,24H,2-8H2,1H3,(H,29,32)/t16-,24+/m0/s1. The summed E-state index contributed by atoms with van der Waals surface area (Å²) in [6.07, 6.45) is 8.15. The molecule has 1 aliphatic carbocycles. The van der Waals surface area contributed by atoms with Gasteiger partial charge in [0.1, 0.15) is 5.71 Å². The molecule has 1 fully saturated rings. The molecule has 170 valence electrons. The predicted molar refractivity (Wildman–Crippen MR) is 134 cm³/mol. The molecule has 32 heavy (non-hydrogen) atoms. The first-order valence-electron chi connectivity index (χ1n) is 11.3. The molecule has 0 aromatic heterocycles. The van der Waals surface area contributed by atoms with Gasteiger partial charge in [0, 0.05) is 22.0 Å². The summed E-state index contributed by atoms with van der Waals surface area (Å²) >= 11 is 18.8. The number of amides is 1. The van der Waals surface area contributed by atoms with Crippen LogP contribution in [0.2, 0.25) is 15.1 Å². The summed E-state index contributed by atoms with van der Waals surface area (Å²) in [5, 5.41) is 11.6. The summed E-state index contributed by atoms with van der Waals surface area (Å²) in [5.74, 6) is -0.217. The lowest BCUT2D eigenvalue weighted by atomic mass is 9.90.